The van der Waals surface area contributed by atoms with Gasteiger partial charge in [0.1, 0.15) is 12.6 Å². The topological polar surface area (TPSA) is 86.8 Å². The minimum atomic E-state index is -3.75. The van der Waals surface area contributed by atoms with E-state index >= 15 is 0 Å². The highest BCUT2D eigenvalue weighted by molar-refractivity contribution is 7.92. The summed E-state index contributed by atoms with van der Waals surface area (Å²) >= 11 is 0. The summed E-state index contributed by atoms with van der Waals surface area (Å²) in [6, 6.07) is 14.1. The van der Waals surface area contributed by atoms with Crippen LogP contribution in [0, 0.1) is 6.92 Å². The number of carbonyl (C=O) groups is 2. The zero-order valence-corrected chi connectivity index (χ0v) is 22.9. The number of nitrogens with one attached hydrogen (secondary N) is 1. The molecule has 1 atom stereocenters. The molecule has 0 spiro atoms. The first-order valence-electron chi connectivity index (χ1n) is 11.8. The van der Waals surface area contributed by atoms with Gasteiger partial charge < -0.3 is 10.2 Å². The molecule has 0 saturated carbocycles. The number of anilines is 1. The van der Waals surface area contributed by atoms with Crippen LogP contribution < -0.4 is 9.62 Å². The lowest BCUT2D eigenvalue weighted by molar-refractivity contribution is -0.140. The molecule has 2 aromatic rings. The number of rotatable bonds is 9. The van der Waals surface area contributed by atoms with Gasteiger partial charge in [0, 0.05) is 12.1 Å². The number of carbonyl (C=O) groups excluding carboxylic acids is 2. The highest BCUT2D eigenvalue weighted by Gasteiger charge is 2.31. The largest absolute Gasteiger partial charge is 0.350 e. The van der Waals surface area contributed by atoms with Crippen LogP contribution in [0.4, 0.5) is 5.69 Å². The van der Waals surface area contributed by atoms with Crippen LogP contribution in [0.2, 0.25) is 0 Å². The van der Waals surface area contributed by atoms with Gasteiger partial charge in [-0.15, -0.1) is 0 Å². The molecular formula is C27H39N3O4S. The average molecular weight is 502 g/mol. The molecule has 0 bridgehead atoms. The molecule has 0 aliphatic rings. The van der Waals surface area contributed by atoms with E-state index < -0.39 is 34.1 Å². The Kier molecular flexibility index (Phi) is 9.11. The summed E-state index contributed by atoms with van der Waals surface area (Å²) in [6.45, 7) is 13.1. The first kappa shape index (κ1) is 28.4. The number of hydrogen-bond acceptors (Lipinski definition) is 4. The van der Waals surface area contributed by atoms with Crippen molar-refractivity contribution in [2.75, 3.05) is 17.1 Å². The van der Waals surface area contributed by atoms with Crippen LogP contribution in [0.3, 0.4) is 0 Å². The van der Waals surface area contributed by atoms with Crippen LogP contribution >= 0.6 is 0 Å². The molecule has 192 valence electrons. The Morgan fingerprint density at radius 1 is 1.00 bits per heavy atom. The van der Waals surface area contributed by atoms with Gasteiger partial charge in [0.15, 0.2) is 0 Å². The Morgan fingerprint density at radius 3 is 2.09 bits per heavy atom. The van der Waals surface area contributed by atoms with Crippen molar-refractivity contribution in [3.8, 4) is 0 Å². The van der Waals surface area contributed by atoms with E-state index in [-0.39, 0.29) is 12.5 Å². The fourth-order valence-corrected chi connectivity index (χ4v) is 4.55. The quantitative estimate of drug-likeness (QED) is 0.557. The second-order valence-electron chi connectivity index (χ2n) is 10.4. The molecule has 2 aromatic carbocycles. The van der Waals surface area contributed by atoms with Crippen molar-refractivity contribution in [1.29, 1.82) is 0 Å². The first-order chi connectivity index (χ1) is 16.1. The molecule has 0 radical (unpaired) electrons. The molecule has 0 heterocycles. The van der Waals surface area contributed by atoms with Crippen LogP contribution in [0.5, 0.6) is 0 Å². The monoisotopic (exact) mass is 501 g/mol. The van der Waals surface area contributed by atoms with E-state index in [1.807, 2.05) is 64.1 Å². The van der Waals surface area contributed by atoms with Gasteiger partial charge in [-0.2, -0.15) is 0 Å². The van der Waals surface area contributed by atoms with Gasteiger partial charge >= 0.3 is 0 Å². The van der Waals surface area contributed by atoms with Crippen molar-refractivity contribution in [2.24, 2.45) is 0 Å². The maximum absolute atomic E-state index is 13.6. The minimum Gasteiger partial charge on any atom is -0.350 e. The minimum absolute atomic E-state index is 0.184. The second-order valence-corrected chi connectivity index (χ2v) is 12.3. The zero-order valence-electron chi connectivity index (χ0n) is 22.1. The summed E-state index contributed by atoms with van der Waals surface area (Å²) in [7, 11) is -3.75. The van der Waals surface area contributed by atoms with E-state index in [0.29, 0.717) is 11.6 Å². The van der Waals surface area contributed by atoms with E-state index in [1.54, 1.807) is 19.1 Å². The second kappa shape index (κ2) is 11.2. The van der Waals surface area contributed by atoms with Crippen LogP contribution in [0.1, 0.15) is 64.2 Å². The molecule has 1 unspecified atom stereocenters. The summed E-state index contributed by atoms with van der Waals surface area (Å²) in [5.74, 6) is -0.462. The van der Waals surface area contributed by atoms with E-state index in [9.17, 15) is 18.0 Å². The predicted octanol–water partition coefficient (Wildman–Crippen LogP) is 4.22. The Bertz CT molecular complexity index is 1140. The van der Waals surface area contributed by atoms with Gasteiger partial charge in [-0.05, 0) is 63.8 Å². The number of aryl methyl sites for hydroxylation is 1. The Hall–Kier alpha value is -2.87. The predicted molar refractivity (Wildman–Crippen MR) is 142 cm³/mol. The normalized spacial score (nSPS) is 12.8. The summed E-state index contributed by atoms with van der Waals surface area (Å²) in [5, 5.41) is 2.92. The van der Waals surface area contributed by atoms with Gasteiger partial charge in [0.25, 0.3) is 0 Å². The Labute approximate surface area is 210 Å². The lowest BCUT2D eigenvalue weighted by Crippen LogP contribution is -2.54. The molecule has 1 N–H and O–H groups in total. The highest BCUT2D eigenvalue weighted by Crippen LogP contribution is 2.23. The van der Waals surface area contributed by atoms with Gasteiger partial charge in [0.05, 0.1) is 11.9 Å². The van der Waals surface area contributed by atoms with Crippen molar-refractivity contribution in [3.05, 3.63) is 65.2 Å². The Balaban J connectivity index is 2.40. The summed E-state index contributed by atoms with van der Waals surface area (Å²) in [4.78, 5) is 28.0. The van der Waals surface area contributed by atoms with Crippen LogP contribution in [0.15, 0.2) is 48.5 Å². The van der Waals surface area contributed by atoms with Gasteiger partial charge in [-0.3, -0.25) is 13.9 Å². The summed E-state index contributed by atoms with van der Waals surface area (Å²) in [5.41, 5.74) is 2.90. The smallest absolute Gasteiger partial charge is 0.244 e. The fraction of sp³-hybridized carbons (Fsp3) is 0.481. The number of sulfonamides is 1. The lowest BCUT2D eigenvalue weighted by Gasteiger charge is -2.33. The van der Waals surface area contributed by atoms with Crippen molar-refractivity contribution in [1.82, 2.24) is 10.2 Å². The number of hydrogen-bond donors (Lipinski definition) is 1. The van der Waals surface area contributed by atoms with Gasteiger partial charge in [-0.1, -0.05) is 55.8 Å². The fourth-order valence-electron chi connectivity index (χ4n) is 3.70. The molecule has 0 fully saturated rings. The molecule has 2 rings (SSSR count). The SMILES string of the molecule is Cc1cccc(CN(C(=O)CN(c2ccc(C(C)C)cc2)S(C)(=O)=O)C(C)C(=O)NC(C)(C)C)c1. The maximum atomic E-state index is 13.6. The first-order valence-corrected chi connectivity index (χ1v) is 13.7. The maximum Gasteiger partial charge on any atom is 0.244 e. The van der Waals surface area contributed by atoms with Crippen molar-refractivity contribution in [2.45, 2.75) is 72.5 Å². The summed E-state index contributed by atoms with van der Waals surface area (Å²) in [6.07, 6.45) is 1.08. The standard InChI is InChI=1S/C27H39N3O4S/c1-19(2)23-12-14-24(15-13-23)30(35(8,33)34)18-25(31)29(17-22-11-9-10-20(3)16-22)21(4)26(32)28-27(5,6)7/h9-16,19,21H,17-18H2,1-8H3,(H,28,32). The molecular weight excluding hydrogens is 462 g/mol. The zero-order chi connectivity index (χ0) is 26.6. The molecule has 8 heteroatoms. The highest BCUT2D eigenvalue weighted by atomic mass is 32.2. The van der Waals surface area contributed by atoms with E-state index in [2.05, 4.69) is 19.2 Å². The number of nitrogens with zero attached hydrogens (tertiary/aromatic N) is 2. The Morgan fingerprint density at radius 2 is 1.60 bits per heavy atom. The van der Waals surface area contributed by atoms with Crippen LogP contribution in [0.25, 0.3) is 0 Å². The summed E-state index contributed by atoms with van der Waals surface area (Å²) < 4.78 is 26.5. The van der Waals surface area contributed by atoms with E-state index in [1.165, 1.54) is 4.90 Å². The van der Waals surface area contributed by atoms with Crippen LogP contribution in [-0.4, -0.2) is 49.5 Å². The lowest BCUT2D eigenvalue weighted by atomic mass is 10.0. The number of amides is 2. The third-order valence-electron chi connectivity index (χ3n) is 5.63. The molecule has 0 aliphatic heterocycles. The van der Waals surface area contributed by atoms with Gasteiger partial charge in [-0.25, -0.2) is 8.42 Å². The van der Waals surface area contributed by atoms with Gasteiger partial charge in [0.2, 0.25) is 21.8 Å². The van der Waals surface area contributed by atoms with E-state index in [4.69, 9.17) is 0 Å². The van der Waals surface area contributed by atoms with Crippen LogP contribution in [-0.2, 0) is 26.2 Å². The molecule has 35 heavy (non-hydrogen) atoms. The number of benzene rings is 2. The molecule has 0 saturated heterocycles. The third kappa shape index (κ3) is 8.38. The van der Waals surface area contributed by atoms with Crippen molar-refractivity contribution < 1.29 is 18.0 Å². The third-order valence-corrected chi connectivity index (χ3v) is 6.77. The van der Waals surface area contributed by atoms with E-state index in [0.717, 1.165) is 27.3 Å². The average Bonchev–Trinajstić information content (AvgIpc) is 2.73. The molecule has 0 aliphatic carbocycles. The molecule has 2 amide bonds. The molecule has 0 aromatic heterocycles. The molecule has 7 nitrogen and oxygen atoms in total. The van der Waals surface area contributed by atoms with Crippen molar-refractivity contribution >= 4 is 27.5 Å². The van der Waals surface area contributed by atoms with Crippen molar-refractivity contribution in [3.63, 3.8) is 0 Å².